The second kappa shape index (κ2) is 7.64. The van der Waals surface area contributed by atoms with Gasteiger partial charge in [-0.25, -0.2) is 0 Å². The number of rotatable bonds is 4. The third kappa shape index (κ3) is 7.36. The zero-order valence-electron chi connectivity index (χ0n) is 6.59. The van der Waals surface area contributed by atoms with Crippen molar-refractivity contribution in [3.63, 3.8) is 0 Å². The quantitative estimate of drug-likeness (QED) is 0.543. The van der Waals surface area contributed by atoms with Gasteiger partial charge in [-0.3, -0.25) is 9.59 Å². The highest BCUT2D eigenvalue weighted by Crippen LogP contribution is 1.78. The second-order valence-electron chi connectivity index (χ2n) is 1.84. The van der Waals surface area contributed by atoms with Crippen LogP contribution in [0.5, 0.6) is 0 Å². The van der Waals surface area contributed by atoms with Gasteiger partial charge in [-0.2, -0.15) is 0 Å². The maximum atomic E-state index is 10.7. The van der Waals surface area contributed by atoms with E-state index in [0.29, 0.717) is 0 Å². The van der Waals surface area contributed by atoms with Gasteiger partial charge in [0.25, 0.3) is 0 Å². The topological polar surface area (TPSA) is 58.2 Å². The predicted molar refractivity (Wildman–Crippen MR) is 51.1 cm³/mol. The number of halogens is 2. The van der Waals surface area contributed by atoms with Crippen LogP contribution in [0.4, 0.5) is 0 Å². The summed E-state index contributed by atoms with van der Waals surface area (Å²) in [6, 6.07) is 0. The van der Waals surface area contributed by atoms with Crippen molar-refractivity contribution in [2.45, 2.75) is 0 Å². The molecule has 0 aromatic rings. The van der Waals surface area contributed by atoms with Gasteiger partial charge in [0.1, 0.15) is 0 Å². The Labute approximate surface area is 85.6 Å². The molecule has 13 heavy (non-hydrogen) atoms. The van der Waals surface area contributed by atoms with Crippen molar-refractivity contribution in [3.05, 3.63) is 23.2 Å². The second-order valence-corrected chi connectivity index (χ2v) is 2.35. The van der Waals surface area contributed by atoms with Crippen LogP contribution >= 0.6 is 23.2 Å². The van der Waals surface area contributed by atoms with E-state index in [4.69, 9.17) is 23.2 Å². The summed E-state index contributed by atoms with van der Waals surface area (Å²) in [7, 11) is 0. The van der Waals surface area contributed by atoms with Gasteiger partial charge < -0.3 is 10.6 Å². The van der Waals surface area contributed by atoms with Gasteiger partial charge in [0.15, 0.2) is 0 Å². The fourth-order valence-corrected chi connectivity index (χ4v) is 0.680. The molecule has 0 aliphatic heterocycles. The zero-order chi connectivity index (χ0) is 10.1. The molecule has 0 heterocycles. The Kier molecular flexibility index (Phi) is 7.05. The molecule has 0 aromatic carbocycles. The van der Waals surface area contributed by atoms with Crippen LogP contribution in [0.2, 0.25) is 0 Å². The number of nitrogens with one attached hydrogen (secondary N) is 2. The lowest BCUT2D eigenvalue weighted by molar-refractivity contribution is -0.118. The van der Waals surface area contributed by atoms with E-state index in [2.05, 4.69) is 10.6 Å². The van der Waals surface area contributed by atoms with Gasteiger partial charge in [0.2, 0.25) is 11.8 Å². The summed E-state index contributed by atoms with van der Waals surface area (Å²) < 4.78 is 0. The zero-order valence-corrected chi connectivity index (χ0v) is 8.10. The van der Waals surface area contributed by atoms with Crippen LogP contribution in [0.3, 0.4) is 0 Å². The average molecular weight is 223 g/mol. The molecule has 72 valence electrons. The molecular formula is C7H8Cl2N2O2. The monoisotopic (exact) mass is 222 g/mol. The average Bonchev–Trinajstić information content (AvgIpc) is 2.05. The van der Waals surface area contributed by atoms with Crippen molar-refractivity contribution < 1.29 is 9.59 Å². The maximum Gasteiger partial charge on any atom is 0.246 e. The molecule has 0 rings (SSSR count). The Morgan fingerprint density at radius 1 is 1.00 bits per heavy atom. The van der Waals surface area contributed by atoms with Crippen LogP contribution in [-0.2, 0) is 9.59 Å². The third-order valence-electron chi connectivity index (χ3n) is 0.954. The van der Waals surface area contributed by atoms with Crippen molar-refractivity contribution in [1.29, 1.82) is 0 Å². The standard InChI is InChI=1S/C7H8Cl2N2O2/c8-3-1-6(12)10-5-11-7(13)2-4-9/h1-4H,5H2,(H,10,12)(H,11,13)/b3-1-,4-2+. The number of hydrogen-bond acceptors (Lipinski definition) is 2. The molecule has 0 saturated carbocycles. The number of carbonyl (C=O) groups is 2. The van der Waals surface area contributed by atoms with Gasteiger partial charge >= 0.3 is 0 Å². The van der Waals surface area contributed by atoms with Crippen LogP contribution in [-0.4, -0.2) is 18.5 Å². The van der Waals surface area contributed by atoms with Gasteiger partial charge in [0.05, 0.1) is 6.67 Å². The molecule has 0 aromatic heterocycles. The predicted octanol–water partition coefficient (Wildman–Crippen LogP) is 0.681. The van der Waals surface area contributed by atoms with Crippen LogP contribution in [0.1, 0.15) is 0 Å². The van der Waals surface area contributed by atoms with E-state index in [0.717, 1.165) is 23.2 Å². The van der Waals surface area contributed by atoms with Crippen molar-refractivity contribution in [2.75, 3.05) is 6.67 Å². The highest BCUT2D eigenvalue weighted by Gasteiger charge is 1.95. The molecule has 0 bridgehead atoms. The minimum atomic E-state index is -0.384. The normalized spacial score (nSPS) is 10.6. The van der Waals surface area contributed by atoms with E-state index in [-0.39, 0.29) is 18.5 Å². The van der Waals surface area contributed by atoms with Gasteiger partial charge in [-0.05, 0) is 0 Å². The van der Waals surface area contributed by atoms with E-state index >= 15 is 0 Å². The molecule has 2 amide bonds. The highest BCUT2D eigenvalue weighted by atomic mass is 35.5. The smallest absolute Gasteiger partial charge is 0.246 e. The maximum absolute atomic E-state index is 10.7. The fourth-order valence-electron chi connectivity index (χ4n) is 0.451. The van der Waals surface area contributed by atoms with E-state index in [1.165, 1.54) is 0 Å². The first kappa shape index (κ1) is 12.0. The minimum Gasteiger partial charge on any atom is -0.335 e. The lowest BCUT2D eigenvalue weighted by Gasteiger charge is -2.01. The first-order valence-electron chi connectivity index (χ1n) is 3.30. The first-order valence-corrected chi connectivity index (χ1v) is 4.17. The Balaban J connectivity index is 3.56. The first-order chi connectivity index (χ1) is 6.20. The Bertz CT molecular complexity index is 215. The molecular weight excluding hydrogens is 215 g/mol. The van der Waals surface area contributed by atoms with E-state index < -0.39 is 0 Å². The minimum absolute atomic E-state index is 0.0279. The summed E-state index contributed by atoms with van der Waals surface area (Å²) in [6.45, 7) is 0.0279. The van der Waals surface area contributed by atoms with Crippen molar-refractivity contribution >= 4 is 35.0 Å². The van der Waals surface area contributed by atoms with Crippen LogP contribution in [0.15, 0.2) is 23.2 Å². The highest BCUT2D eigenvalue weighted by molar-refractivity contribution is 6.27. The fraction of sp³-hybridized carbons (Fsp3) is 0.143. The van der Waals surface area contributed by atoms with Gasteiger partial charge in [0, 0.05) is 23.2 Å². The largest absolute Gasteiger partial charge is 0.335 e. The molecule has 0 aliphatic rings. The van der Waals surface area contributed by atoms with E-state index in [9.17, 15) is 9.59 Å². The van der Waals surface area contributed by atoms with Crippen LogP contribution in [0.25, 0.3) is 0 Å². The molecule has 6 heteroatoms. The van der Waals surface area contributed by atoms with E-state index in [1.54, 1.807) is 0 Å². The van der Waals surface area contributed by atoms with Gasteiger partial charge in [-0.1, -0.05) is 23.2 Å². The molecule has 0 saturated heterocycles. The van der Waals surface area contributed by atoms with Crippen LogP contribution < -0.4 is 10.6 Å². The van der Waals surface area contributed by atoms with Crippen molar-refractivity contribution in [2.24, 2.45) is 0 Å². The molecule has 2 N–H and O–H groups in total. The number of carbonyl (C=O) groups excluding carboxylic acids is 2. The lowest BCUT2D eigenvalue weighted by Crippen LogP contribution is -2.35. The summed E-state index contributed by atoms with van der Waals surface area (Å²) in [5, 5.41) is 4.71. The molecule has 0 spiro atoms. The molecule has 0 unspecified atom stereocenters. The van der Waals surface area contributed by atoms with Crippen LogP contribution in [0, 0.1) is 0 Å². The number of amides is 2. The Morgan fingerprint density at radius 3 is 1.69 bits per heavy atom. The Morgan fingerprint density at radius 2 is 1.38 bits per heavy atom. The molecule has 0 atom stereocenters. The van der Waals surface area contributed by atoms with Crippen molar-refractivity contribution in [1.82, 2.24) is 10.6 Å². The summed E-state index contributed by atoms with van der Waals surface area (Å²) in [5.74, 6) is -0.768. The molecule has 0 radical (unpaired) electrons. The van der Waals surface area contributed by atoms with Gasteiger partial charge in [-0.15, -0.1) is 0 Å². The lowest BCUT2D eigenvalue weighted by atomic mass is 10.5. The molecule has 0 fully saturated rings. The summed E-state index contributed by atoms with van der Waals surface area (Å²) in [6.07, 6.45) is 2.26. The van der Waals surface area contributed by atoms with Crippen molar-refractivity contribution in [3.8, 4) is 0 Å². The number of hydrogen-bond donors (Lipinski definition) is 2. The Hall–Kier alpha value is -1.00. The SMILES string of the molecule is O=C(/C=C\Cl)NCNC(=O)/C=C/Cl. The molecule has 4 nitrogen and oxygen atoms in total. The molecule has 0 aliphatic carbocycles. The van der Waals surface area contributed by atoms with E-state index in [1.807, 2.05) is 0 Å². The summed E-state index contributed by atoms with van der Waals surface area (Å²) in [5.41, 5.74) is 2.16. The third-order valence-corrected chi connectivity index (χ3v) is 1.21. The summed E-state index contributed by atoms with van der Waals surface area (Å²) >= 11 is 10.3. The summed E-state index contributed by atoms with van der Waals surface area (Å²) in [4.78, 5) is 21.4.